The predicted octanol–water partition coefficient (Wildman–Crippen LogP) is 3.42. The molecule has 0 aliphatic rings. The van der Waals surface area contributed by atoms with Gasteiger partial charge in [-0.15, -0.1) is 0 Å². The molecule has 0 spiro atoms. The van der Waals surface area contributed by atoms with Gasteiger partial charge in [-0.2, -0.15) is 0 Å². The zero-order valence-corrected chi connectivity index (χ0v) is 13.6. The molecule has 0 heterocycles. The lowest BCUT2D eigenvalue weighted by Gasteiger charge is -2.12. The second kappa shape index (κ2) is 8.08. The number of aryl methyl sites for hydroxylation is 1. The standard InChI is InChI=1S/C18H21NO4/c1-13-5-4-6-15(11-13)23-10-9-18(20)19-16-8-7-14(21-2)12-17(16)22-3/h4-8,11-12H,9-10H2,1-3H3,(H,19,20). The Kier molecular flexibility index (Phi) is 5.86. The van der Waals surface area contributed by atoms with Crippen LogP contribution < -0.4 is 19.5 Å². The number of hydrogen-bond donors (Lipinski definition) is 1. The van der Waals surface area contributed by atoms with Crippen molar-refractivity contribution >= 4 is 11.6 Å². The van der Waals surface area contributed by atoms with E-state index in [1.165, 1.54) is 0 Å². The lowest BCUT2D eigenvalue weighted by molar-refractivity contribution is -0.116. The van der Waals surface area contributed by atoms with Gasteiger partial charge in [0, 0.05) is 6.07 Å². The number of methoxy groups -OCH3 is 2. The fraction of sp³-hybridized carbons (Fsp3) is 0.278. The van der Waals surface area contributed by atoms with Gasteiger partial charge in [0.05, 0.1) is 32.9 Å². The van der Waals surface area contributed by atoms with Crippen LogP contribution in [0.15, 0.2) is 42.5 Å². The first-order valence-corrected chi connectivity index (χ1v) is 7.33. The van der Waals surface area contributed by atoms with Crippen LogP contribution in [0.5, 0.6) is 17.2 Å². The largest absolute Gasteiger partial charge is 0.497 e. The van der Waals surface area contributed by atoms with Crippen molar-refractivity contribution in [2.75, 3.05) is 26.1 Å². The lowest BCUT2D eigenvalue weighted by Crippen LogP contribution is -2.15. The van der Waals surface area contributed by atoms with Crippen LogP contribution >= 0.6 is 0 Å². The highest BCUT2D eigenvalue weighted by molar-refractivity contribution is 5.92. The van der Waals surface area contributed by atoms with Gasteiger partial charge in [-0.05, 0) is 36.8 Å². The highest BCUT2D eigenvalue weighted by atomic mass is 16.5. The second-order valence-corrected chi connectivity index (χ2v) is 5.03. The van der Waals surface area contributed by atoms with Crippen molar-refractivity contribution in [2.45, 2.75) is 13.3 Å². The molecule has 0 aliphatic heterocycles. The zero-order valence-electron chi connectivity index (χ0n) is 13.6. The van der Waals surface area contributed by atoms with Crippen LogP contribution in [0, 0.1) is 6.92 Å². The summed E-state index contributed by atoms with van der Waals surface area (Å²) in [6, 6.07) is 13.0. The van der Waals surface area contributed by atoms with Gasteiger partial charge in [0.1, 0.15) is 17.2 Å². The second-order valence-electron chi connectivity index (χ2n) is 5.03. The van der Waals surface area contributed by atoms with Crippen molar-refractivity contribution in [1.29, 1.82) is 0 Å². The molecule has 23 heavy (non-hydrogen) atoms. The number of hydrogen-bond acceptors (Lipinski definition) is 4. The van der Waals surface area contributed by atoms with Crippen LogP contribution in [-0.4, -0.2) is 26.7 Å². The van der Waals surface area contributed by atoms with Crippen LogP contribution in [-0.2, 0) is 4.79 Å². The van der Waals surface area contributed by atoms with Crippen LogP contribution in [0.4, 0.5) is 5.69 Å². The fourth-order valence-corrected chi connectivity index (χ4v) is 2.08. The summed E-state index contributed by atoms with van der Waals surface area (Å²) in [6.07, 6.45) is 0.253. The van der Waals surface area contributed by atoms with Crippen molar-refractivity contribution in [3.63, 3.8) is 0 Å². The molecule has 0 aromatic heterocycles. The normalized spacial score (nSPS) is 10.0. The number of nitrogens with one attached hydrogen (secondary N) is 1. The summed E-state index contributed by atoms with van der Waals surface area (Å²) in [5.74, 6) is 1.85. The Morgan fingerprint density at radius 3 is 2.57 bits per heavy atom. The average Bonchev–Trinajstić information content (AvgIpc) is 2.55. The van der Waals surface area contributed by atoms with E-state index in [9.17, 15) is 4.79 Å². The summed E-state index contributed by atoms with van der Waals surface area (Å²) < 4.78 is 16.0. The van der Waals surface area contributed by atoms with Gasteiger partial charge >= 0.3 is 0 Å². The van der Waals surface area contributed by atoms with E-state index in [4.69, 9.17) is 14.2 Å². The van der Waals surface area contributed by atoms with Crippen molar-refractivity contribution in [3.8, 4) is 17.2 Å². The summed E-state index contributed by atoms with van der Waals surface area (Å²) >= 11 is 0. The summed E-state index contributed by atoms with van der Waals surface area (Å²) in [6.45, 7) is 2.31. The van der Waals surface area contributed by atoms with E-state index in [1.807, 2.05) is 31.2 Å². The minimum Gasteiger partial charge on any atom is -0.497 e. The number of benzene rings is 2. The Morgan fingerprint density at radius 2 is 1.87 bits per heavy atom. The molecule has 5 heteroatoms. The summed E-state index contributed by atoms with van der Waals surface area (Å²) in [4.78, 5) is 12.0. The smallest absolute Gasteiger partial charge is 0.227 e. The molecule has 1 N–H and O–H groups in total. The third-order valence-electron chi connectivity index (χ3n) is 3.27. The first-order valence-electron chi connectivity index (χ1n) is 7.33. The lowest BCUT2D eigenvalue weighted by atomic mass is 10.2. The molecule has 0 unspecified atom stereocenters. The topological polar surface area (TPSA) is 56.8 Å². The van der Waals surface area contributed by atoms with E-state index in [0.29, 0.717) is 23.8 Å². The SMILES string of the molecule is COc1ccc(NC(=O)CCOc2cccc(C)c2)c(OC)c1. The number of ether oxygens (including phenoxy) is 3. The Balaban J connectivity index is 1.87. The van der Waals surface area contributed by atoms with Crippen molar-refractivity contribution in [3.05, 3.63) is 48.0 Å². The third kappa shape index (κ3) is 4.92. The Bertz CT molecular complexity index is 670. The molecule has 2 aromatic rings. The van der Waals surface area contributed by atoms with E-state index in [-0.39, 0.29) is 12.3 Å². The fourth-order valence-electron chi connectivity index (χ4n) is 2.08. The molecule has 0 saturated heterocycles. The molecule has 0 bridgehead atoms. The first kappa shape index (κ1) is 16.7. The highest BCUT2D eigenvalue weighted by Gasteiger charge is 2.09. The quantitative estimate of drug-likeness (QED) is 0.850. The minimum atomic E-state index is -0.138. The van der Waals surface area contributed by atoms with Crippen LogP contribution in [0.1, 0.15) is 12.0 Å². The van der Waals surface area contributed by atoms with Crippen molar-refractivity contribution in [2.24, 2.45) is 0 Å². The first-order chi connectivity index (χ1) is 11.1. The molecule has 122 valence electrons. The van der Waals surface area contributed by atoms with Crippen LogP contribution in [0.25, 0.3) is 0 Å². The van der Waals surface area contributed by atoms with Gasteiger partial charge in [0.2, 0.25) is 5.91 Å². The zero-order chi connectivity index (χ0) is 16.7. The molecule has 1 amide bonds. The molecular weight excluding hydrogens is 294 g/mol. The monoisotopic (exact) mass is 315 g/mol. The predicted molar refractivity (Wildman–Crippen MR) is 89.5 cm³/mol. The molecule has 0 radical (unpaired) electrons. The van der Waals surface area contributed by atoms with E-state index in [2.05, 4.69) is 5.32 Å². The van der Waals surface area contributed by atoms with Crippen LogP contribution in [0.3, 0.4) is 0 Å². The van der Waals surface area contributed by atoms with E-state index >= 15 is 0 Å². The third-order valence-corrected chi connectivity index (χ3v) is 3.27. The minimum absolute atomic E-state index is 0.138. The molecule has 0 fully saturated rings. The van der Waals surface area contributed by atoms with Gasteiger partial charge in [-0.25, -0.2) is 0 Å². The number of amides is 1. The Labute approximate surface area is 136 Å². The maximum atomic E-state index is 12.0. The van der Waals surface area contributed by atoms with Crippen molar-refractivity contribution < 1.29 is 19.0 Å². The van der Waals surface area contributed by atoms with E-state index in [1.54, 1.807) is 32.4 Å². The number of rotatable bonds is 7. The Hall–Kier alpha value is -2.69. The van der Waals surface area contributed by atoms with Gasteiger partial charge < -0.3 is 19.5 Å². The summed E-state index contributed by atoms with van der Waals surface area (Å²) in [7, 11) is 3.13. The maximum absolute atomic E-state index is 12.0. The van der Waals surface area contributed by atoms with Gasteiger partial charge in [0.25, 0.3) is 0 Å². The molecule has 2 aromatic carbocycles. The molecule has 2 rings (SSSR count). The maximum Gasteiger partial charge on any atom is 0.227 e. The Morgan fingerprint density at radius 1 is 1.04 bits per heavy atom. The van der Waals surface area contributed by atoms with Crippen molar-refractivity contribution in [1.82, 2.24) is 0 Å². The van der Waals surface area contributed by atoms with E-state index < -0.39 is 0 Å². The molecule has 0 aliphatic carbocycles. The number of anilines is 1. The van der Waals surface area contributed by atoms with Crippen LogP contribution in [0.2, 0.25) is 0 Å². The molecule has 0 saturated carbocycles. The average molecular weight is 315 g/mol. The van der Waals surface area contributed by atoms with Gasteiger partial charge in [0.15, 0.2) is 0 Å². The number of carbonyl (C=O) groups excluding carboxylic acids is 1. The molecular formula is C18H21NO4. The molecule has 0 atom stereocenters. The number of carbonyl (C=O) groups is 1. The van der Waals surface area contributed by atoms with Gasteiger partial charge in [-0.3, -0.25) is 4.79 Å². The summed E-state index contributed by atoms with van der Waals surface area (Å²) in [5.41, 5.74) is 1.73. The van der Waals surface area contributed by atoms with E-state index in [0.717, 1.165) is 11.3 Å². The highest BCUT2D eigenvalue weighted by Crippen LogP contribution is 2.29. The summed E-state index contributed by atoms with van der Waals surface area (Å²) in [5, 5.41) is 2.81. The molecule has 5 nitrogen and oxygen atoms in total. The van der Waals surface area contributed by atoms with Gasteiger partial charge in [-0.1, -0.05) is 12.1 Å².